The molecule has 2 rings (SSSR count). The van der Waals surface area contributed by atoms with Crippen molar-refractivity contribution in [2.75, 3.05) is 13.6 Å². The topological polar surface area (TPSA) is 29.1 Å². The summed E-state index contributed by atoms with van der Waals surface area (Å²) in [6, 6.07) is 9.64. The molecule has 15 heavy (non-hydrogen) atoms. The van der Waals surface area contributed by atoms with Gasteiger partial charge in [-0.1, -0.05) is 36.8 Å². The highest BCUT2D eigenvalue weighted by Crippen LogP contribution is 2.42. The highest BCUT2D eigenvalue weighted by Gasteiger charge is 2.43. The summed E-state index contributed by atoms with van der Waals surface area (Å²) in [5.41, 5.74) is 0.739. The number of hydrogen-bond acceptors (Lipinski definition) is 2. The maximum atomic E-state index is 12.3. The second-order valence-corrected chi connectivity index (χ2v) is 4.36. The lowest BCUT2D eigenvalue weighted by Gasteiger charge is -2.40. The van der Waals surface area contributed by atoms with E-state index in [9.17, 15) is 4.79 Å². The summed E-state index contributed by atoms with van der Waals surface area (Å²) < 4.78 is 0. The van der Waals surface area contributed by atoms with Crippen molar-refractivity contribution in [3.63, 3.8) is 0 Å². The molecule has 0 radical (unpaired) electrons. The monoisotopic (exact) mass is 203 g/mol. The minimum absolute atomic E-state index is 0.115. The van der Waals surface area contributed by atoms with Crippen LogP contribution in [0.25, 0.3) is 0 Å². The van der Waals surface area contributed by atoms with Crippen molar-refractivity contribution >= 4 is 5.78 Å². The lowest BCUT2D eigenvalue weighted by atomic mass is 9.64. The van der Waals surface area contributed by atoms with Gasteiger partial charge in [0.25, 0.3) is 0 Å². The van der Waals surface area contributed by atoms with Crippen LogP contribution in [-0.4, -0.2) is 19.4 Å². The van der Waals surface area contributed by atoms with E-state index in [1.807, 2.05) is 37.4 Å². The van der Waals surface area contributed by atoms with Crippen LogP contribution in [0.15, 0.2) is 30.3 Å². The Labute approximate surface area is 90.7 Å². The van der Waals surface area contributed by atoms with Crippen LogP contribution in [0.4, 0.5) is 0 Å². The van der Waals surface area contributed by atoms with E-state index < -0.39 is 0 Å². The highest BCUT2D eigenvalue weighted by molar-refractivity contribution is 6.01. The fourth-order valence-corrected chi connectivity index (χ4v) is 2.32. The second kappa shape index (κ2) is 4.15. The fraction of sp³-hybridized carbons (Fsp3) is 0.462. The van der Waals surface area contributed by atoms with Crippen LogP contribution in [-0.2, 0) is 0 Å². The van der Waals surface area contributed by atoms with Crippen molar-refractivity contribution in [2.45, 2.75) is 19.3 Å². The van der Waals surface area contributed by atoms with Crippen molar-refractivity contribution in [1.29, 1.82) is 0 Å². The first-order chi connectivity index (χ1) is 7.28. The largest absolute Gasteiger partial charge is 0.319 e. The Kier molecular flexibility index (Phi) is 2.87. The van der Waals surface area contributed by atoms with Gasteiger partial charge in [-0.25, -0.2) is 0 Å². The van der Waals surface area contributed by atoms with Crippen LogP contribution in [0, 0.1) is 5.41 Å². The molecule has 1 aliphatic rings. The van der Waals surface area contributed by atoms with Crippen LogP contribution in [0.1, 0.15) is 29.6 Å². The summed E-state index contributed by atoms with van der Waals surface area (Å²) >= 11 is 0. The molecule has 0 spiro atoms. The van der Waals surface area contributed by atoms with E-state index in [0.29, 0.717) is 5.78 Å². The molecule has 0 heterocycles. The Morgan fingerprint density at radius 2 is 2.00 bits per heavy atom. The van der Waals surface area contributed by atoms with Crippen molar-refractivity contribution in [2.24, 2.45) is 5.41 Å². The van der Waals surface area contributed by atoms with Crippen molar-refractivity contribution in [3.05, 3.63) is 35.9 Å². The number of benzene rings is 1. The molecule has 0 amide bonds. The summed E-state index contributed by atoms with van der Waals surface area (Å²) in [6.45, 7) is 0.806. The third-order valence-electron chi connectivity index (χ3n) is 3.34. The van der Waals surface area contributed by atoms with Gasteiger partial charge in [-0.3, -0.25) is 4.79 Å². The highest BCUT2D eigenvalue weighted by atomic mass is 16.1. The third-order valence-corrected chi connectivity index (χ3v) is 3.34. The molecule has 0 saturated heterocycles. The molecule has 0 aliphatic heterocycles. The molecule has 0 atom stereocenters. The summed E-state index contributed by atoms with van der Waals surface area (Å²) in [5.74, 6) is 0.309. The second-order valence-electron chi connectivity index (χ2n) is 4.36. The normalized spacial score (nSPS) is 18.2. The van der Waals surface area contributed by atoms with Crippen LogP contribution in [0.5, 0.6) is 0 Å². The van der Waals surface area contributed by atoms with E-state index >= 15 is 0 Å². The quantitative estimate of drug-likeness (QED) is 0.760. The third kappa shape index (κ3) is 1.82. The Bertz CT molecular complexity index is 341. The minimum Gasteiger partial charge on any atom is -0.319 e. The van der Waals surface area contributed by atoms with Gasteiger partial charge < -0.3 is 5.32 Å². The zero-order valence-electron chi connectivity index (χ0n) is 9.12. The molecule has 2 heteroatoms. The molecule has 1 saturated carbocycles. The molecular weight excluding hydrogens is 186 g/mol. The zero-order valence-corrected chi connectivity index (χ0v) is 9.12. The first kappa shape index (κ1) is 10.4. The van der Waals surface area contributed by atoms with Crippen LogP contribution < -0.4 is 5.32 Å². The van der Waals surface area contributed by atoms with Crippen LogP contribution >= 0.6 is 0 Å². The number of ketones is 1. The SMILES string of the molecule is CNCC1(C(=O)c2ccccc2)CCC1. The fourth-order valence-electron chi connectivity index (χ4n) is 2.32. The van der Waals surface area contributed by atoms with Gasteiger partial charge in [0.15, 0.2) is 5.78 Å². The van der Waals surface area contributed by atoms with Crippen LogP contribution in [0.2, 0.25) is 0 Å². The Balaban J connectivity index is 2.19. The number of rotatable bonds is 4. The lowest BCUT2D eigenvalue weighted by molar-refractivity contribution is 0.0614. The Morgan fingerprint density at radius 1 is 1.33 bits per heavy atom. The van der Waals surface area contributed by atoms with Crippen molar-refractivity contribution in [3.8, 4) is 0 Å². The number of carbonyl (C=O) groups is 1. The predicted molar refractivity (Wildman–Crippen MR) is 61.0 cm³/mol. The lowest BCUT2D eigenvalue weighted by Crippen LogP contribution is -2.45. The van der Waals surface area contributed by atoms with Crippen molar-refractivity contribution < 1.29 is 4.79 Å². The summed E-state index contributed by atoms with van der Waals surface area (Å²) in [4.78, 5) is 12.3. The molecule has 2 nitrogen and oxygen atoms in total. The molecule has 1 aromatic carbocycles. The maximum absolute atomic E-state index is 12.3. The number of nitrogens with one attached hydrogen (secondary N) is 1. The van der Waals surface area contributed by atoms with E-state index in [-0.39, 0.29) is 5.41 Å². The van der Waals surface area contributed by atoms with E-state index in [1.54, 1.807) is 0 Å². The van der Waals surface area contributed by atoms with Gasteiger partial charge in [-0.2, -0.15) is 0 Å². The predicted octanol–water partition coefficient (Wildman–Crippen LogP) is 2.26. The van der Waals surface area contributed by atoms with E-state index in [1.165, 1.54) is 6.42 Å². The Morgan fingerprint density at radius 3 is 2.47 bits per heavy atom. The molecule has 1 N–H and O–H groups in total. The standard InChI is InChI=1S/C13H17NO/c1-14-10-13(8-5-9-13)12(15)11-6-3-2-4-7-11/h2-4,6-7,14H,5,8-10H2,1H3. The first-order valence-corrected chi connectivity index (χ1v) is 5.53. The Hall–Kier alpha value is -1.15. The van der Waals surface area contributed by atoms with Gasteiger partial charge in [0.2, 0.25) is 0 Å². The minimum atomic E-state index is -0.115. The summed E-state index contributed by atoms with van der Waals surface area (Å²) in [6.07, 6.45) is 3.24. The molecule has 1 aliphatic carbocycles. The molecule has 1 fully saturated rings. The van der Waals surface area contributed by atoms with E-state index in [2.05, 4.69) is 5.32 Å². The van der Waals surface area contributed by atoms with E-state index in [4.69, 9.17) is 0 Å². The van der Waals surface area contributed by atoms with Gasteiger partial charge in [-0.15, -0.1) is 0 Å². The van der Waals surface area contributed by atoms with Gasteiger partial charge >= 0.3 is 0 Å². The zero-order chi connectivity index (χ0) is 10.7. The molecule has 0 aromatic heterocycles. The molecular formula is C13H17NO. The average molecular weight is 203 g/mol. The first-order valence-electron chi connectivity index (χ1n) is 5.53. The number of hydrogen-bond donors (Lipinski definition) is 1. The summed E-state index contributed by atoms with van der Waals surface area (Å²) in [5, 5.41) is 3.14. The molecule has 0 bridgehead atoms. The molecule has 0 unspecified atom stereocenters. The van der Waals surface area contributed by atoms with Gasteiger partial charge in [-0.05, 0) is 19.9 Å². The molecule has 80 valence electrons. The number of carbonyl (C=O) groups excluding carboxylic acids is 1. The smallest absolute Gasteiger partial charge is 0.170 e. The van der Waals surface area contributed by atoms with Gasteiger partial charge in [0, 0.05) is 17.5 Å². The van der Waals surface area contributed by atoms with E-state index in [0.717, 1.165) is 24.9 Å². The van der Waals surface area contributed by atoms with Crippen molar-refractivity contribution in [1.82, 2.24) is 5.32 Å². The maximum Gasteiger partial charge on any atom is 0.170 e. The van der Waals surface area contributed by atoms with Crippen LogP contribution in [0.3, 0.4) is 0 Å². The summed E-state index contributed by atoms with van der Waals surface area (Å²) in [7, 11) is 1.92. The average Bonchev–Trinajstić information content (AvgIpc) is 2.24. The van der Waals surface area contributed by atoms with Gasteiger partial charge in [0.1, 0.15) is 0 Å². The molecule has 1 aromatic rings. The number of Topliss-reactive ketones (excluding diaryl/α,β-unsaturated/α-hetero) is 1. The van der Waals surface area contributed by atoms with Gasteiger partial charge in [0.05, 0.1) is 0 Å².